The first-order valence-electron chi connectivity index (χ1n) is 8.91. The fourth-order valence-corrected chi connectivity index (χ4v) is 5.09. The first-order chi connectivity index (χ1) is 13.8. The zero-order chi connectivity index (χ0) is 21.0. The predicted molar refractivity (Wildman–Crippen MR) is 118 cm³/mol. The molecule has 0 saturated carbocycles. The van der Waals surface area contributed by atoms with E-state index in [-0.39, 0.29) is 11.4 Å². The maximum atomic E-state index is 13.6. The van der Waals surface area contributed by atoms with Gasteiger partial charge in [-0.25, -0.2) is 8.42 Å². The van der Waals surface area contributed by atoms with E-state index in [1.165, 1.54) is 4.31 Å². The van der Waals surface area contributed by atoms with Crippen molar-refractivity contribution in [2.75, 3.05) is 18.5 Å². The highest BCUT2D eigenvalue weighted by molar-refractivity contribution is 9.10. The number of hydrogen-bond acceptors (Lipinski definition) is 4. The molecule has 29 heavy (non-hydrogen) atoms. The molecule has 0 atom stereocenters. The molecule has 0 radical (unpaired) electrons. The summed E-state index contributed by atoms with van der Waals surface area (Å²) in [6.07, 6.45) is 0. The summed E-state index contributed by atoms with van der Waals surface area (Å²) in [6, 6.07) is 19.6. The summed E-state index contributed by atoms with van der Waals surface area (Å²) in [7, 11) is -0.680. The highest BCUT2D eigenvalue weighted by atomic mass is 79.9. The highest BCUT2D eigenvalue weighted by Gasteiger charge is 2.27. The van der Waals surface area contributed by atoms with E-state index in [0.717, 1.165) is 10.0 Å². The number of sulfonamides is 1. The number of rotatable bonds is 7. The summed E-state index contributed by atoms with van der Waals surface area (Å²) in [5, 5.41) is 0. The van der Waals surface area contributed by atoms with E-state index in [4.69, 9.17) is 9.47 Å². The second-order valence-corrected chi connectivity index (χ2v) is 9.22. The molecular weight excluding hydrogens is 454 g/mol. The standard InChI is InChI=1S/C22H22BrNO4S/c1-16-7-4-5-10-22(16)29(25,26)24(19-9-6-8-18(23)13-19)15-17-11-20(27-2)14-21(12-17)28-3/h4-14H,15H2,1-3H3. The van der Waals surface area contributed by atoms with E-state index < -0.39 is 10.0 Å². The Bertz CT molecular complexity index is 1090. The summed E-state index contributed by atoms with van der Waals surface area (Å²) in [6.45, 7) is 1.92. The fourth-order valence-electron chi connectivity index (χ4n) is 3.03. The minimum Gasteiger partial charge on any atom is -0.497 e. The van der Waals surface area contributed by atoms with Crippen LogP contribution in [-0.2, 0) is 16.6 Å². The van der Waals surface area contributed by atoms with Gasteiger partial charge in [-0.2, -0.15) is 0 Å². The average molecular weight is 476 g/mol. The van der Waals surface area contributed by atoms with Crippen LogP contribution < -0.4 is 13.8 Å². The Morgan fingerprint density at radius 1 is 0.897 bits per heavy atom. The monoisotopic (exact) mass is 475 g/mol. The number of aryl methyl sites for hydroxylation is 1. The molecule has 0 amide bonds. The Hall–Kier alpha value is -2.51. The van der Waals surface area contributed by atoms with Crippen molar-refractivity contribution in [2.24, 2.45) is 0 Å². The van der Waals surface area contributed by atoms with Crippen LogP contribution in [0.25, 0.3) is 0 Å². The van der Waals surface area contributed by atoms with Crippen LogP contribution in [0.4, 0.5) is 5.69 Å². The third kappa shape index (κ3) is 4.74. The summed E-state index contributed by atoms with van der Waals surface area (Å²) in [5.41, 5.74) is 2.00. The Kier molecular flexibility index (Phi) is 6.49. The number of methoxy groups -OCH3 is 2. The van der Waals surface area contributed by atoms with Gasteiger partial charge in [-0.3, -0.25) is 4.31 Å². The van der Waals surface area contributed by atoms with Gasteiger partial charge in [0, 0.05) is 10.5 Å². The molecule has 3 rings (SSSR count). The first-order valence-corrected chi connectivity index (χ1v) is 11.1. The lowest BCUT2D eigenvalue weighted by Crippen LogP contribution is -2.31. The number of ether oxygens (including phenoxy) is 2. The van der Waals surface area contributed by atoms with Gasteiger partial charge in [-0.15, -0.1) is 0 Å². The largest absolute Gasteiger partial charge is 0.497 e. The van der Waals surface area contributed by atoms with E-state index in [9.17, 15) is 8.42 Å². The second kappa shape index (κ2) is 8.88. The molecule has 0 aliphatic rings. The Balaban J connectivity index is 2.14. The molecule has 7 heteroatoms. The van der Waals surface area contributed by atoms with Crippen molar-refractivity contribution < 1.29 is 17.9 Å². The molecule has 0 aliphatic heterocycles. The SMILES string of the molecule is COc1cc(CN(c2cccc(Br)c2)S(=O)(=O)c2ccccc2C)cc(OC)c1. The molecule has 0 bridgehead atoms. The summed E-state index contributed by atoms with van der Waals surface area (Å²) in [4.78, 5) is 0.273. The van der Waals surface area contributed by atoms with Gasteiger partial charge >= 0.3 is 0 Å². The summed E-state index contributed by atoms with van der Waals surface area (Å²) in [5.74, 6) is 1.20. The normalized spacial score (nSPS) is 11.2. The van der Waals surface area contributed by atoms with Gasteiger partial charge in [0.2, 0.25) is 0 Å². The lowest BCUT2D eigenvalue weighted by molar-refractivity contribution is 0.393. The Morgan fingerprint density at radius 3 is 2.14 bits per heavy atom. The number of hydrogen-bond donors (Lipinski definition) is 0. The smallest absolute Gasteiger partial charge is 0.264 e. The van der Waals surface area contributed by atoms with Crippen molar-refractivity contribution in [3.05, 3.63) is 82.3 Å². The maximum absolute atomic E-state index is 13.6. The number of anilines is 1. The van der Waals surface area contributed by atoms with Crippen LogP contribution in [0.2, 0.25) is 0 Å². The van der Waals surface area contributed by atoms with Crippen molar-refractivity contribution in [2.45, 2.75) is 18.4 Å². The molecule has 5 nitrogen and oxygen atoms in total. The van der Waals surface area contributed by atoms with E-state index in [1.807, 2.05) is 18.2 Å². The first kappa shape index (κ1) is 21.2. The van der Waals surface area contributed by atoms with E-state index >= 15 is 0 Å². The molecule has 0 unspecified atom stereocenters. The van der Waals surface area contributed by atoms with Crippen LogP contribution in [0.3, 0.4) is 0 Å². The third-order valence-corrected chi connectivity index (χ3v) is 6.92. The molecule has 152 valence electrons. The molecule has 0 spiro atoms. The Labute approximate surface area is 180 Å². The number of nitrogens with zero attached hydrogens (tertiary/aromatic N) is 1. The molecular formula is C22H22BrNO4S. The van der Waals surface area contributed by atoms with E-state index in [2.05, 4.69) is 15.9 Å². The third-order valence-electron chi connectivity index (χ3n) is 4.50. The highest BCUT2D eigenvalue weighted by Crippen LogP contribution is 2.31. The van der Waals surface area contributed by atoms with Crippen LogP contribution in [0.15, 0.2) is 76.1 Å². The van der Waals surface area contributed by atoms with Gasteiger partial charge in [0.1, 0.15) is 11.5 Å². The van der Waals surface area contributed by atoms with Crippen molar-refractivity contribution in [3.8, 4) is 11.5 Å². The van der Waals surface area contributed by atoms with Gasteiger partial charge in [0.15, 0.2) is 0 Å². The molecule has 0 aromatic heterocycles. The topological polar surface area (TPSA) is 55.8 Å². The Morgan fingerprint density at radius 2 is 1.55 bits per heavy atom. The zero-order valence-corrected chi connectivity index (χ0v) is 18.8. The lowest BCUT2D eigenvalue weighted by atomic mass is 10.2. The van der Waals surface area contributed by atoms with Crippen molar-refractivity contribution in [1.29, 1.82) is 0 Å². The predicted octanol–water partition coefficient (Wildman–Crippen LogP) is 5.17. The van der Waals surface area contributed by atoms with Gasteiger partial charge in [-0.05, 0) is 54.4 Å². The number of benzene rings is 3. The van der Waals surface area contributed by atoms with Gasteiger partial charge in [-0.1, -0.05) is 40.2 Å². The van der Waals surface area contributed by atoms with Crippen molar-refractivity contribution in [3.63, 3.8) is 0 Å². The lowest BCUT2D eigenvalue weighted by Gasteiger charge is -2.26. The van der Waals surface area contributed by atoms with E-state index in [1.54, 1.807) is 69.7 Å². The minimum atomic E-state index is -3.81. The van der Waals surface area contributed by atoms with E-state index in [0.29, 0.717) is 22.7 Å². The molecule has 0 heterocycles. The molecule has 0 N–H and O–H groups in total. The van der Waals surface area contributed by atoms with Crippen LogP contribution in [0, 0.1) is 6.92 Å². The summed E-state index contributed by atoms with van der Waals surface area (Å²) < 4.78 is 40.1. The average Bonchev–Trinajstić information content (AvgIpc) is 2.71. The summed E-state index contributed by atoms with van der Waals surface area (Å²) >= 11 is 3.44. The second-order valence-electron chi connectivity index (χ2n) is 6.48. The maximum Gasteiger partial charge on any atom is 0.264 e. The van der Waals surface area contributed by atoms with Gasteiger partial charge < -0.3 is 9.47 Å². The van der Waals surface area contributed by atoms with Crippen LogP contribution in [0.1, 0.15) is 11.1 Å². The quantitative estimate of drug-likeness (QED) is 0.472. The van der Waals surface area contributed by atoms with Gasteiger partial charge in [0.25, 0.3) is 10.0 Å². The van der Waals surface area contributed by atoms with Crippen LogP contribution >= 0.6 is 15.9 Å². The van der Waals surface area contributed by atoms with Crippen molar-refractivity contribution >= 4 is 31.6 Å². The van der Waals surface area contributed by atoms with Crippen LogP contribution in [0.5, 0.6) is 11.5 Å². The molecule has 0 saturated heterocycles. The molecule has 0 fully saturated rings. The fraction of sp³-hybridized carbons (Fsp3) is 0.182. The van der Waals surface area contributed by atoms with Crippen molar-refractivity contribution in [1.82, 2.24) is 0 Å². The minimum absolute atomic E-state index is 0.126. The van der Waals surface area contributed by atoms with Gasteiger partial charge in [0.05, 0.1) is 31.3 Å². The molecule has 0 aliphatic carbocycles. The molecule has 3 aromatic rings. The zero-order valence-electron chi connectivity index (χ0n) is 16.4. The number of halogens is 1. The molecule has 3 aromatic carbocycles. The van der Waals surface area contributed by atoms with Crippen LogP contribution in [-0.4, -0.2) is 22.6 Å².